The molecular formula is C20H17F4N3O7S. The number of halogens is 4. The molecule has 0 spiro atoms. The predicted molar refractivity (Wildman–Crippen MR) is 113 cm³/mol. The number of aliphatic carboxylic acids is 2. The Balaban J connectivity index is 0.000000429. The summed E-state index contributed by atoms with van der Waals surface area (Å²) in [5.74, 6) is -5.86. The number of carboxylic acids is 2. The van der Waals surface area contributed by atoms with Crippen molar-refractivity contribution in [2.24, 2.45) is 5.73 Å². The molecule has 0 radical (unpaired) electrons. The van der Waals surface area contributed by atoms with Gasteiger partial charge >= 0.3 is 18.1 Å². The van der Waals surface area contributed by atoms with Crippen molar-refractivity contribution >= 4 is 41.2 Å². The van der Waals surface area contributed by atoms with Gasteiger partial charge in [0.1, 0.15) is 17.1 Å². The van der Waals surface area contributed by atoms with Crippen LogP contribution in [0.2, 0.25) is 0 Å². The second-order valence-corrected chi connectivity index (χ2v) is 8.53. The van der Waals surface area contributed by atoms with Gasteiger partial charge in [0.05, 0.1) is 0 Å². The largest absolute Gasteiger partial charge is 0.505 e. The highest BCUT2D eigenvalue weighted by Crippen LogP contribution is 2.40. The predicted octanol–water partition coefficient (Wildman–Crippen LogP) is 1.41. The summed E-state index contributed by atoms with van der Waals surface area (Å²) in [6.45, 7) is 0.299. The molecule has 15 heteroatoms. The van der Waals surface area contributed by atoms with Crippen LogP contribution in [0.15, 0.2) is 41.1 Å². The number of fused-ring (bicyclic) bond motifs is 1. The maximum Gasteiger partial charge on any atom is 0.490 e. The number of phenolic OH excluding ortho intramolecular Hbond substituents is 1. The number of hydrogen-bond acceptors (Lipinski definition) is 7. The van der Waals surface area contributed by atoms with Crippen LogP contribution in [0, 0.1) is 5.82 Å². The Labute approximate surface area is 198 Å². The van der Waals surface area contributed by atoms with Crippen LogP contribution in [0.25, 0.3) is 0 Å². The van der Waals surface area contributed by atoms with E-state index < -0.39 is 47.0 Å². The Morgan fingerprint density at radius 2 is 1.83 bits per heavy atom. The van der Waals surface area contributed by atoms with Gasteiger partial charge < -0.3 is 26.0 Å². The Morgan fingerprint density at radius 3 is 2.37 bits per heavy atom. The minimum atomic E-state index is -5.08. The molecule has 1 aromatic carbocycles. The third kappa shape index (κ3) is 5.09. The quantitative estimate of drug-likeness (QED) is 0.263. The normalized spacial score (nSPS) is 23.1. The highest BCUT2D eigenvalue weighted by Gasteiger charge is 2.51. The first-order valence-electron chi connectivity index (χ1n) is 9.71. The molecule has 2 atom stereocenters. The smallest absolute Gasteiger partial charge is 0.490 e. The molecule has 35 heavy (non-hydrogen) atoms. The average Bonchev–Trinajstić information content (AvgIpc) is 3.14. The number of β-lactam (4-membered cyclic amide) rings is 1. The molecule has 3 heterocycles. The summed E-state index contributed by atoms with van der Waals surface area (Å²) in [5.41, 5.74) is 6.62. The van der Waals surface area contributed by atoms with E-state index in [0.29, 0.717) is 35.6 Å². The number of aromatic hydroxyl groups is 1. The molecular weight excluding hydrogens is 502 g/mol. The number of carbonyl (C=O) groups excluding carboxylic acids is 2. The van der Waals surface area contributed by atoms with E-state index in [4.69, 9.17) is 15.6 Å². The number of nitrogens with zero attached hydrogens (tertiary/aromatic N) is 2. The van der Waals surface area contributed by atoms with Gasteiger partial charge in [-0.2, -0.15) is 13.2 Å². The molecule has 188 valence electrons. The SMILES string of the molecule is N[C@@H]1C(=O)N2C(C(=O)O)=C(/C=C3\CCN(c4ccc(O)c(F)c4)C3=O)CS[C@H]12.O=C(O)C(F)(F)F. The third-order valence-corrected chi connectivity index (χ3v) is 6.52. The van der Waals surface area contributed by atoms with E-state index >= 15 is 0 Å². The van der Waals surface area contributed by atoms with Crippen molar-refractivity contribution < 1.29 is 52.1 Å². The fraction of sp³-hybridized carbons (Fsp3) is 0.300. The molecule has 2 amide bonds. The number of carboxylic acid groups (broad SMARTS) is 2. The van der Waals surface area contributed by atoms with Crippen LogP contribution in [0.4, 0.5) is 23.2 Å². The van der Waals surface area contributed by atoms with Gasteiger partial charge in [-0.05, 0) is 30.2 Å². The lowest BCUT2D eigenvalue weighted by Gasteiger charge is -2.47. The maximum absolute atomic E-state index is 13.6. The molecule has 2 saturated heterocycles. The number of thioether (sulfide) groups is 1. The van der Waals surface area contributed by atoms with E-state index in [1.54, 1.807) is 0 Å². The summed E-state index contributed by atoms with van der Waals surface area (Å²) in [6, 6.07) is 2.95. The second-order valence-electron chi connectivity index (χ2n) is 7.43. The minimum absolute atomic E-state index is 0.148. The fourth-order valence-electron chi connectivity index (χ4n) is 3.52. The number of rotatable bonds is 3. The van der Waals surface area contributed by atoms with E-state index in [9.17, 15) is 42.2 Å². The zero-order chi connectivity index (χ0) is 26.2. The van der Waals surface area contributed by atoms with Crippen molar-refractivity contribution in [1.29, 1.82) is 0 Å². The number of nitrogens with two attached hydrogens (primary N) is 1. The number of hydrogen-bond donors (Lipinski definition) is 4. The molecule has 2 fully saturated rings. The summed E-state index contributed by atoms with van der Waals surface area (Å²) in [7, 11) is 0. The Hall–Kier alpha value is -3.59. The number of carbonyl (C=O) groups is 4. The first kappa shape index (κ1) is 26.0. The lowest BCUT2D eigenvalue weighted by atomic mass is 10.0. The van der Waals surface area contributed by atoms with Gasteiger partial charge in [-0.15, -0.1) is 11.8 Å². The molecule has 3 aliphatic rings. The van der Waals surface area contributed by atoms with Gasteiger partial charge in [-0.3, -0.25) is 14.5 Å². The van der Waals surface area contributed by atoms with E-state index in [-0.39, 0.29) is 11.6 Å². The van der Waals surface area contributed by atoms with Crippen LogP contribution in [0.1, 0.15) is 6.42 Å². The highest BCUT2D eigenvalue weighted by molar-refractivity contribution is 8.00. The van der Waals surface area contributed by atoms with Crippen LogP contribution in [-0.4, -0.2) is 73.9 Å². The molecule has 5 N–H and O–H groups in total. The summed E-state index contributed by atoms with van der Waals surface area (Å²) in [6.07, 6.45) is -3.23. The lowest BCUT2D eigenvalue weighted by molar-refractivity contribution is -0.192. The van der Waals surface area contributed by atoms with Crippen molar-refractivity contribution in [3.8, 4) is 5.75 Å². The average molecular weight is 519 g/mol. The van der Waals surface area contributed by atoms with E-state index in [1.807, 2.05) is 0 Å². The maximum atomic E-state index is 13.6. The molecule has 0 aromatic heterocycles. The van der Waals surface area contributed by atoms with E-state index in [1.165, 1.54) is 39.8 Å². The van der Waals surface area contributed by atoms with Crippen LogP contribution >= 0.6 is 11.8 Å². The standard InChI is InChI=1S/C18H16FN3O5S.C2HF3O2/c19-11-6-10(1-2-12(11)23)21-4-3-8(15(21)24)5-9-7-28-17-13(20)16(25)22(17)14(9)18(26)27;3-2(4,5)1(6)7/h1-2,5-6,13,17,23H,3-4,7,20H2,(H,26,27);(H,6,7)/b8-5+;/t13-,17-;/m1./s1. The van der Waals surface area contributed by atoms with Crippen LogP contribution < -0.4 is 10.6 Å². The number of alkyl halides is 3. The van der Waals surface area contributed by atoms with Gasteiger partial charge in [-0.1, -0.05) is 0 Å². The number of benzene rings is 1. The van der Waals surface area contributed by atoms with E-state index in [2.05, 4.69) is 0 Å². The summed E-state index contributed by atoms with van der Waals surface area (Å²) in [4.78, 5) is 47.9. The molecule has 1 aromatic rings. The van der Waals surface area contributed by atoms with Crippen LogP contribution in [0.3, 0.4) is 0 Å². The Morgan fingerprint density at radius 1 is 1.20 bits per heavy atom. The van der Waals surface area contributed by atoms with Gasteiger partial charge in [-0.25, -0.2) is 14.0 Å². The Kier molecular flexibility index (Phi) is 7.12. The van der Waals surface area contributed by atoms with Crippen molar-refractivity contribution in [3.05, 3.63) is 46.9 Å². The molecule has 0 aliphatic carbocycles. The fourth-order valence-corrected chi connectivity index (χ4v) is 4.77. The lowest BCUT2D eigenvalue weighted by Crippen LogP contribution is -2.68. The van der Waals surface area contributed by atoms with Crippen LogP contribution in [-0.2, 0) is 19.2 Å². The highest BCUT2D eigenvalue weighted by atomic mass is 32.2. The summed E-state index contributed by atoms with van der Waals surface area (Å²) < 4.78 is 45.3. The molecule has 0 saturated carbocycles. The zero-order valence-corrected chi connectivity index (χ0v) is 18.3. The van der Waals surface area contributed by atoms with Crippen molar-refractivity contribution in [3.63, 3.8) is 0 Å². The molecule has 3 aliphatic heterocycles. The minimum Gasteiger partial charge on any atom is -0.505 e. The topological polar surface area (TPSA) is 161 Å². The van der Waals surface area contributed by atoms with Crippen LogP contribution in [0.5, 0.6) is 5.75 Å². The van der Waals surface area contributed by atoms with Gasteiger partial charge in [0.25, 0.3) is 5.91 Å². The van der Waals surface area contributed by atoms with Gasteiger partial charge in [0.2, 0.25) is 5.91 Å². The van der Waals surface area contributed by atoms with Crippen molar-refractivity contribution in [2.45, 2.75) is 24.0 Å². The van der Waals surface area contributed by atoms with Gasteiger partial charge in [0.15, 0.2) is 11.6 Å². The van der Waals surface area contributed by atoms with Crippen molar-refractivity contribution in [2.75, 3.05) is 17.2 Å². The number of allylic oxidation sites excluding steroid dienone is 1. The molecule has 0 bridgehead atoms. The zero-order valence-electron chi connectivity index (χ0n) is 17.5. The van der Waals surface area contributed by atoms with Gasteiger partial charge in [0, 0.05) is 29.6 Å². The second kappa shape index (κ2) is 9.58. The first-order chi connectivity index (χ1) is 16.2. The number of amides is 2. The molecule has 10 nitrogen and oxygen atoms in total. The number of phenols is 1. The monoisotopic (exact) mass is 519 g/mol. The molecule has 4 rings (SSSR count). The number of anilines is 1. The summed E-state index contributed by atoms with van der Waals surface area (Å²) in [5, 5.41) is 25.6. The molecule has 0 unspecified atom stereocenters. The Bertz CT molecular complexity index is 1170. The first-order valence-corrected chi connectivity index (χ1v) is 10.8. The van der Waals surface area contributed by atoms with Crippen molar-refractivity contribution in [1.82, 2.24) is 4.90 Å². The summed E-state index contributed by atoms with van der Waals surface area (Å²) >= 11 is 1.35. The third-order valence-electron chi connectivity index (χ3n) is 5.20. The van der Waals surface area contributed by atoms with E-state index in [0.717, 1.165) is 6.07 Å².